The van der Waals surface area contributed by atoms with Gasteiger partial charge in [0.05, 0.1) is 6.54 Å². The van der Waals surface area contributed by atoms with Crippen molar-refractivity contribution in [3.63, 3.8) is 0 Å². The minimum Gasteiger partial charge on any atom is -0.465 e. The fourth-order valence-corrected chi connectivity index (χ4v) is 2.97. The molecule has 0 radical (unpaired) electrons. The van der Waals surface area contributed by atoms with Gasteiger partial charge in [-0.05, 0) is 25.5 Å². The standard InChI is InChI=1S/C17H31N3O/c1-5-18-11-17-10-16(15(4)21-17)13-20-8-6-19(7-9-20)12-14(2)3/h10,14,18H,5-9,11-13H2,1-4H3. The molecule has 1 aromatic heterocycles. The minimum atomic E-state index is 0.765. The number of nitrogens with zero attached hydrogens (tertiary/aromatic N) is 2. The van der Waals surface area contributed by atoms with Crippen molar-refractivity contribution in [3.05, 3.63) is 23.2 Å². The van der Waals surface area contributed by atoms with Crippen molar-refractivity contribution in [1.82, 2.24) is 15.1 Å². The predicted octanol–water partition coefficient (Wildman–Crippen LogP) is 2.47. The van der Waals surface area contributed by atoms with Crippen LogP contribution >= 0.6 is 0 Å². The summed E-state index contributed by atoms with van der Waals surface area (Å²) >= 11 is 0. The highest BCUT2D eigenvalue weighted by Gasteiger charge is 2.19. The first-order chi connectivity index (χ1) is 10.1. The molecular weight excluding hydrogens is 262 g/mol. The van der Waals surface area contributed by atoms with Crippen LogP contribution in [0.15, 0.2) is 10.5 Å². The lowest BCUT2D eigenvalue weighted by molar-refractivity contribution is 0.117. The Morgan fingerprint density at radius 3 is 2.48 bits per heavy atom. The molecule has 1 N–H and O–H groups in total. The molecule has 4 heteroatoms. The van der Waals surface area contributed by atoms with Gasteiger partial charge in [0.1, 0.15) is 11.5 Å². The summed E-state index contributed by atoms with van der Waals surface area (Å²) in [5.41, 5.74) is 1.35. The molecule has 1 aliphatic rings. The van der Waals surface area contributed by atoms with Crippen LogP contribution in [0.1, 0.15) is 37.9 Å². The first kappa shape index (κ1) is 16.5. The second-order valence-electron chi connectivity index (χ2n) is 6.55. The predicted molar refractivity (Wildman–Crippen MR) is 87.4 cm³/mol. The van der Waals surface area contributed by atoms with Gasteiger partial charge in [-0.1, -0.05) is 20.8 Å². The van der Waals surface area contributed by atoms with Crippen molar-refractivity contribution in [3.8, 4) is 0 Å². The van der Waals surface area contributed by atoms with Gasteiger partial charge in [-0.2, -0.15) is 0 Å². The van der Waals surface area contributed by atoms with Crippen LogP contribution in [0.3, 0.4) is 0 Å². The van der Waals surface area contributed by atoms with E-state index in [0.29, 0.717) is 0 Å². The third-order valence-corrected chi connectivity index (χ3v) is 4.10. The fraction of sp³-hybridized carbons (Fsp3) is 0.765. The number of aryl methyl sites for hydroxylation is 1. The van der Waals surface area contributed by atoms with Gasteiger partial charge in [0, 0.05) is 44.8 Å². The number of rotatable bonds is 7. The number of furan rings is 1. The van der Waals surface area contributed by atoms with Crippen molar-refractivity contribution in [2.24, 2.45) is 5.92 Å². The van der Waals surface area contributed by atoms with Crippen LogP contribution in [0.4, 0.5) is 0 Å². The zero-order valence-electron chi connectivity index (χ0n) is 14.1. The monoisotopic (exact) mass is 293 g/mol. The fourth-order valence-electron chi connectivity index (χ4n) is 2.97. The smallest absolute Gasteiger partial charge is 0.118 e. The molecule has 0 aliphatic carbocycles. The molecule has 0 saturated carbocycles. The highest BCUT2D eigenvalue weighted by Crippen LogP contribution is 2.18. The molecule has 2 heterocycles. The third kappa shape index (κ3) is 5.13. The zero-order valence-corrected chi connectivity index (χ0v) is 14.1. The van der Waals surface area contributed by atoms with Crippen LogP contribution in [0.25, 0.3) is 0 Å². The quantitative estimate of drug-likeness (QED) is 0.837. The maximum absolute atomic E-state index is 5.83. The Morgan fingerprint density at radius 1 is 1.19 bits per heavy atom. The molecular formula is C17H31N3O. The third-order valence-electron chi connectivity index (χ3n) is 4.10. The summed E-state index contributed by atoms with van der Waals surface area (Å²) in [6.07, 6.45) is 0. The van der Waals surface area contributed by atoms with Gasteiger partial charge < -0.3 is 14.6 Å². The Morgan fingerprint density at radius 2 is 1.86 bits per heavy atom. The van der Waals surface area contributed by atoms with Gasteiger partial charge in [-0.15, -0.1) is 0 Å². The molecule has 1 saturated heterocycles. The molecule has 21 heavy (non-hydrogen) atoms. The number of piperazine rings is 1. The lowest BCUT2D eigenvalue weighted by Gasteiger charge is -2.35. The van der Waals surface area contributed by atoms with Gasteiger partial charge >= 0.3 is 0 Å². The first-order valence-electron chi connectivity index (χ1n) is 8.32. The molecule has 1 fully saturated rings. The van der Waals surface area contributed by atoms with E-state index in [1.54, 1.807) is 0 Å². The summed E-state index contributed by atoms with van der Waals surface area (Å²) < 4.78 is 5.83. The van der Waals surface area contributed by atoms with Crippen molar-refractivity contribution in [1.29, 1.82) is 0 Å². The van der Waals surface area contributed by atoms with Crippen molar-refractivity contribution >= 4 is 0 Å². The molecule has 1 aromatic rings. The molecule has 4 nitrogen and oxygen atoms in total. The van der Waals surface area contributed by atoms with Crippen molar-refractivity contribution in [2.75, 3.05) is 39.3 Å². The van der Waals surface area contributed by atoms with E-state index in [1.165, 1.54) is 38.3 Å². The summed E-state index contributed by atoms with van der Waals surface area (Å²) in [5.74, 6) is 2.90. The Bertz CT molecular complexity index is 420. The average molecular weight is 293 g/mol. The van der Waals surface area contributed by atoms with Crippen molar-refractivity contribution in [2.45, 2.75) is 40.8 Å². The number of hydrogen-bond acceptors (Lipinski definition) is 4. The SMILES string of the molecule is CCNCc1cc(CN2CCN(CC(C)C)CC2)c(C)o1. The molecule has 0 unspecified atom stereocenters. The Labute approximate surface area is 129 Å². The molecule has 1 aliphatic heterocycles. The normalized spacial score (nSPS) is 17.8. The second-order valence-corrected chi connectivity index (χ2v) is 6.55. The largest absolute Gasteiger partial charge is 0.465 e. The van der Waals surface area contributed by atoms with E-state index >= 15 is 0 Å². The summed E-state index contributed by atoms with van der Waals surface area (Å²) in [5, 5.41) is 3.32. The summed E-state index contributed by atoms with van der Waals surface area (Å²) in [6.45, 7) is 17.6. The molecule has 0 amide bonds. The van der Waals surface area contributed by atoms with Crippen molar-refractivity contribution < 1.29 is 4.42 Å². The van der Waals surface area contributed by atoms with E-state index in [9.17, 15) is 0 Å². The number of hydrogen-bond donors (Lipinski definition) is 1. The highest BCUT2D eigenvalue weighted by atomic mass is 16.3. The Hall–Kier alpha value is -0.840. The van der Waals surface area contributed by atoms with E-state index in [2.05, 4.69) is 48.9 Å². The lowest BCUT2D eigenvalue weighted by Crippen LogP contribution is -2.46. The Kier molecular flexibility index (Phi) is 6.27. The maximum Gasteiger partial charge on any atom is 0.118 e. The van der Waals surface area contributed by atoms with Gasteiger partial charge in [-0.25, -0.2) is 0 Å². The Balaban J connectivity index is 1.81. The molecule has 0 atom stereocenters. The molecule has 0 spiro atoms. The van der Waals surface area contributed by atoms with E-state index in [4.69, 9.17) is 4.42 Å². The summed E-state index contributed by atoms with van der Waals surface area (Å²) in [6, 6.07) is 2.22. The minimum absolute atomic E-state index is 0.765. The van der Waals surface area contributed by atoms with E-state index < -0.39 is 0 Å². The lowest BCUT2D eigenvalue weighted by atomic mass is 10.1. The first-order valence-corrected chi connectivity index (χ1v) is 8.32. The van der Waals surface area contributed by atoms with Crippen LogP contribution in [-0.4, -0.2) is 49.1 Å². The molecule has 0 aromatic carbocycles. The van der Waals surface area contributed by atoms with Crippen LogP contribution in [0.2, 0.25) is 0 Å². The average Bonchev–Trinajstić information content (AvgIpc) is 2.78. The van der Waals surface area contributed by atoms with Gasteiger partial charge in [0.15, 0.2) is 0 Å². The highest BCUT2D eigenvalue weighted by molar-refractivity contribution is 5.20. The van der Waals surface area contributed by atoms with Crippen LogP contribution < -0.4 is 5.32 Å². The maximum atomic E-state index is 5.83. The summed E-state index contributed by atoms with van der Waals surface area (Å²) in [7, 11) is 0. The molecule has 0 bridgehead atoms. The second kappa shape index (κ2) is 7.97. The molecule has 120 valence electrons. The van der Waals surface area contributed by atoms with E-state index in [0.717, 1.165) is 37.1 Å². The molecule has 2 rings (SSSR count). The summed E-state index contributed by atoms with van der Waals surface area (Å²) in [4.78, 5) is 5.13. The van der Waals surface area contributed by atoms with Gasteiger partial charge in [-0.3, -0.25) is 4.90 Å². The number of nitrogens with one attached hydrogen (secondary N) is 1. The van der Waals surface area contributed by atoms with Gasteiger partial charge in [0.2, 0.25) is 0 Å². The van der Waals surface area contributed by atoms with Crippen LogP contribution in [-0.2, 0) is 13.1 Å². The van der Waals surface area contributed by atoms with E-state index in [-0.39, 0.29) is 0 Å². The topological polar surface area (TPSA) is 31.6 Å². The van der Waals surface area contributed by atoms with Gasteiger partial charge in [0.25, 0.3) is 0 Å². The van der Waals surface area contributed by atoms with Crippen LogP contribution in [0.5, 0.6) is 0 Å². The zero-order chi connectivity index (χ0) is 15.2. The van der Waals surface area contributed by atoms with E-state index in [1.807, 2.05) is 0 Å². The van der Waals surface area contributed by atoms with Crippen LogP contribution in [0, 0.1) is 12.8 Å².